The number of rotatable bonds is 2. The summed E-state index contributed by atoms with van der Waals surface area (Å²) >= 11 is 0. The van der Waals surface area contributed by atoms with Gasteiger partial charge in [-0.2, -0.15) is 0 Å². The standard InChI is InChI=1S/C19H22N2O.ClH/c1-14-12-16(9-10-17(14)13-20)19(22)21-11-5-4-7-15-6-2-3-8-18(15)21;/h2-3,6,8-10,12H,4-5,7,11,13,20H2,1H3;1H. The number of carbonyl (C=O) groups excluding carboxylic acids is 1. The zero-order valence-corrected chi connectivity index (χ0v) is 14.2. The van der Waals surface area contributed by atoms with E-state index in [1.54, 1.807) is 0 Å². The quantitative estimate of drug-likeness (QED) is 0.908. The number of benzene rings is 2. The number of nitrogens with zero attached hydrogens (tertiary/aromatic N) is 1. The molecule has 0 fully saturated rings. The van der Waals surface area contributed by atoms with Crippen molar-refractivity contribution in [1.82, 2.24) is 0 Å². The van der Waals surface area contributed by atoms with Gasteiger partial charge in [0.2, 0.25) is 0 Å². The highest BCUT2D eigenvalue weighted by atomic mass is 35.5. The molecule has 2 aromatic carbocycles. The van der Waals surface area contributed by atoms with Crippen LogP contribution >= 0.6 is 12.4 Å². The molecule has 1 heterocycles. The molecular weight excluding hydrogens is 308 g/mol. The lowest BCUT2D eigenvalue weighted by Crippen LogP contribution is -2.31. The number of halogens is 1. The predicted molar refractivity (Wildman–Crippen MR) is 97.4 cm³/mol. The third-order valence-electron chi connectivity index (χ3n) is 4.41. The van der Waals surface area contributed by atoms with Gasteiger partial charge in [-0.05, 0) is 61.1 Å². The molecule has 0 radical (unpaired) electrons. The fraction of sp³-hybridized carbons (Fsp3) is 0.316. The molecule has 4 heteroatoms. The minimum atomic E-state index is 0. The minimum absolute atomic E-state index is 0. The van der Waals surface area contributed by atoms with E-state index < -0.39 is 0 Å². The van der Waals surface area contributed by atoms with Crippen molar-refractivity contribution in [1.29, 1.82) is 0 Å². The second kappa shape index (κ2) is 7.62. The number of fused-ring (bicyclic) bond motifs is 1. The van der Waals surface area contributed by atoms with Crippen molar-refractivity contribution < 1.29 is 4.79 Å². The number of anilines is 1. The van der Waals surface area contributed by atoms with Crippen LogP contribution in [0.2, 0.25) is 0 Å². The maximum Gasteiger partial charge on any atom is 0.258 e. The van der Waals surface area contributed by atoms with Gasteiger partial charge in [0.25, 0.3) is 5.91 Å². The number of para-hydroxylation sites is 1. The molecule has 122 valence electrons. The molecule has 1 amide bonds. The van der Waals surface area contributed by atoms with Crippen LogP contribution in [0.25, 0.3) is 0 Å². The van der Waals surface area contributed by atoms with Crippen LogP contribution in [-0.4, -0.2) is 12.5 Å². The second-order valence-electron chi connectivity index (χ2n) is 5.89. The maximum atomic E-state index is 13.0. The molecule has 0 bridgehead atoms. The van der Waals surface area contributed by atoms with E-state index in [1.165, 1.54) is 5.56 Å². The van der Waals surface area contributed by atoms with Crippen LogP contribution in [0, 0.1) is 6.92 Å². The van der Waals surface area contributed by atoms with E-state index in [4.69, 9.17) is 5.73 Å². The van der Waals surface area contributed by atoms with Crippen LogP contribution in [0.4, 0.5) is 5.69 Å². The Balaban J connectivity index is 0.00000192. The first-order chi connectivity index (χ1) is 10.7. The van der Waals surface area contributed by atoms with Crippen molar-refractivity contribution in [2.75, 3.05) is 11.4 Å². The Bertz CT molecular complexity index is 700. The van der Waals surface area contributed by atoms with Gasteiger partial charge in [-0.15, -0.1) is 12.4 Å². The lowest BCUT2D eigenvalue weighted by molar-refractivity contribution is 0.0987. The van der Waals surface area contributed by atoms with Crippen molar-refractivity contribution in [3.63, 3.8) is 0 Å². The fourth-order valence-corrected chi connectivity index (χ4v) is 3.12. The number of hydrogen-bond acceptors (Lipinski definition) is 2. The lowest BCUT2D eigenvalue weighted by Gasteiger charge is -2.23. The highest BCUT2D eigenvalue weighted by Crippen LogP contribution is 2.27. The molecule has 2 N–H and O–H groups in total. The van der Waals surface area contributed by atoms with Crippen LogP contribution < -0.4 is 10.6 Å². The largest absolute Gasteiger partial charge is 0.326 e. The normalized spacial score (nSPS) is 13.7. The SMILES string of the molecule is Cc1cc(C(=O)N2CCCCc3ccccc32)ccc1CN.Cl. The van der Waals surface area contributed by atoms with Crippen LogP contribution in [0.15, 0.2) is 42.5 Å². The number of aryl methyl sites for hydroxylation is 2. The summed E-state index contributed by atoms with van der Waals surface area (Å²) in [6.07, 6.45) is 3.22. The first-order valence-corrected chi connectivity index (χ1v) is 7.90. The molecule has 0 spiro atoms. The number of nitrogens with two attached hydrogens (primary N) is 1. The van der Waals surface area contributed by atoms with Crippen molar-refractivity contribution in [2.45, 2.75) is 32.7 Å². The van der Waals surface area contributed by atoms with Gasteiger partial charge in [0.05, 0.1) is 0 Å². The van der Waals surface area contributed by atoms with E-state index in [1.807, 2.05) is 42.2 Å². The second-order valence-corrected chi connectivity index (χ2v) is 5.89. The topological polar surface area (TPSA) is 46.3 Å². The van der Waals surface area contributed by atoms with Crippen LogP contribution in [-0.2, 0) is 13.0 Å². The molecular formula is C19H23ClN2O. The number of amides is 1. The lowest BCUT2D eigenvalue weighted by atomic mass is 10.0. The van der Waals surface area contributed by atoms with Gasteiger partial charge in [-0.1, -0.05) is 24.3 Å². The third kappa shape index (κ3) is 3.57. The average molecular weight is 331 g/mol. The van der Waals surface area contributed by atoms with Crippen LogP contribution in [0.3, 0.4) is 0 Å². The summed E-state index contributed by atoms with van der Waals surface area (Å²) in [4.78, 5) is 14.9. The van der Waals surface area contributed by atoms with E-state index in [-0.39, 0.29) is 18.3 Å². The molecule has 0 aromatic heterocycles. The monoisotopic (exact) mass is 330 g/mol. The Labute approximate surface area is 143 Å². The first-order valence-electron chi connectivity index (χ1n) is 7.90. The van der Waals surface area contributed by atoms with Gasteiger partial charge < -0.3 is 10.6 Å². The first kappa shape index (κ1) is 17.5. The Hall–Kier alpha value is -1.84. The zero-order chi connectivity index (χ0) is 15.5. The van der Waals surface area contributed by atoms with Gasteiger partial charge in [-0.3, -0.25) is 4.79 Å². The summed E-state index contributed by atoms with van der Waals surface area (Å²) in [5.74, 6) is 0.0843. The predicted octanol–water partition coefficient (Wildman–Crippen LogP) is 3.86. The van der Waals surface area contributed by atoms with Gasteiger partial charge >= 0.3 is 0 Å². The summed E-state index contributed by atoms with van der Waals surface area (Å²) in [5.41, 5.74) is 10.9. The van der Waals surface area contributed by atoms with E-state index in [9.17, 15) is 4.79 Å². The molecule has 3 nitrogen and oxygen atoms in total. The molecule has 1 aliphatic rings. The Kier molecular flexibility index (Phi) is 5.80. The van der Waals surface area contributed by atoms with Crippen LogP contribution in [0.5, 0.6) is 0 Å². The van der Waals surface area contributed by atoms with E-state index in [2.05, 4.69) is 12.1 Å². The molecule has 2 aromatic rings. The summed E-state index contributed by atoms with van der Waals surface area (Å²) in [6, 6.07) is 14.1. The van der Waals surface area contributed by atoms with Crippen LogP contribution in [0.1, 0.15) is 39.9 Å². The van der Waals surface area contributed by atoms with Gasteiger partial charge in [0.15, 0.2) is 0 Å². The fourth-order valence-electron chi connectivity index (χ4n) is 3.12. The molecule has 23 heavy (non-hydrogen) atoms. The smallest absolute Gasteiger partial charge is 0.258 e. The molecule has 1 aliphatic heterocycles. The highest BCUT2D eigenvalue weighted by molar-refractivity contribution is 6.06. The van der Waals surface area contributed by atoms with Crippen molar-refractivity contribution in [3.05, 3.63) is 64.7 Å². The summed E-state index contributed by atoms with van der Waals surface area (Å²) < 4.78 is 0. The van der Waals surface area contributed by atoms with E-state index in [0.717, 1.165) is 48.2 Å². The molecule has 0 saturated carbocycles. The van der Waals surface area contributed by atoms with Crippen molar-refractivity contribution >= 4 is 24.0 Å². The third-order valence-corrected chi connectivity index (χ3v) is 4.41. The minimum Gasteiger partial charge on any atom is -0.326 e. The maximum absolute atomic E-state index is 13.0. The van der Waals surface area contributed by atoms with Gasteiger partial charge in [0.1, 0.15) is 0 Å². The van der Waals surface area contributed by atoms with E-state index >= 15 is 0 Å². The van der Waals surface area contributed by atoms with Crippen molar-refractivity contribution in [3.8, 4) is 0 Å². The Morgan fingerprint density at radius 2 is 1.96 bits per heavy atom. The summed E-state index contributed by atoms with van der Waals surface area (Å²) in [7, 11) is 0. The molecule has 0 atom stereocenters. The highest BCUT2D eigenvalue weighted by Gasteiger charge is 2.22. The van der Waals surface area contributed by atoms with E-state index in [0.29, 0.717) is 6.54 Å². The zero-order valence-electron chi connectivity index (χ0n) is 13.4. The summed E-state index contributed by atoms with van der Waals surface area (Å²) in [6.45, 7) is 3.30. The molecule has 0 saturated heterocycles. The summed E-state index contributed by atoms with van der Waals surface area (Å²) in [5, 5.41) is 0. The Morgan fingerprint density at radius 3 is 2.70 bits per heavy atom. The number of hydrogen-bond donors (Lipinski definition) is 1. The van der Waals surface area contributed by atoms with Gasteiger partial charge in [-0.25, -0.2) is 0 Å². The molecule has 0 aliphatic carbocycles. The number of carbonyl (C=O) groups is 1. The Morgan fingerprint density at radius 1 is 1.17 bits per heavy atom. The van der Waals surface area contributed by atoms with Crippen molar-refractivity contribution in [2.24, 2.45) is 5.73 Å². The van der Waals surface area contributed by atoms with Gasteiger partial charge in [0, 0.05) is 24.3 Å². The molecule has 3 rings (SSSR count). The average Bonchev–Trinajstić information content (AvgIpc) is 2.76. The molecule has 0 unspecified atom stereocenters.